The lowest BCUT2D eigenvalue weighted by molar-refractivity contribution is -0.136. The number of nitrogens with one attached hydrogen (secondary N) is 1. The average molecular weight is 260 g/mol. The van der Waals surface area contributed by atoms with Crippen LogP contribution in [-0.4, -0.2) is 34.6 Å². The summed E-state index contributed by atoms with van der Waals surface area (Å²) in [4.78, 5) is 48.3. The van der Waals surface area contributed by atoms with Crippen molar-refractivity contribution in [1.29, 1.82) is 0 Å². The molecule has 0 aliphatic carbocycles. The van der Waals surface area contributed by atoms with Crippen molar-refractivity contribution in [3.05, 3.63) is 35.3 Å². The maximum atomic E-state index is 12.3. The molecule has 1 aromatic carbocycles. The number of benzene rings is 1. The molecule has 6 heteroatoms. The maximum absolute atomic E-state index is 12.3. The van der Waals surface area contributed by atoms with Crippen molar-refractivity contribution in [1.82, 2.24) is 10.2 Å². The molecule has 1 unspecified atom stereocenters. The van der Waals surface area contributed by atoms with Gasteiger partial charge in [0.25, 0.3) is 11.8 Å². The molecule has 4 amide bonds. The van der Waals surface area contributed by atoms with E-state index in [9.17, 15) is 19.2 Å². The van der Waals surface area contributed by atoms with Gasteiger partial charge in [-0.15, -0.1) is 0 Å². The van der Waals surface area contributed by atoms with Gasteiger partial charge in [-0.05, 0) is 18.6 Å². The van der Waals surface area contributed by atoms with E-state index in [0.29, 0.717) is 0 Å². The van der Waals surface area contributed by atoms with Gasteiger partial charge in [0.1, 0.15) is 6.04 Å². The first-order valence-corrected chi connectivity index (χ1v) is 5.73. The van der Waals surface area contributed by atoms with Crippen LogP contribution in [0.25, 0.3) is 0 Å². The predicted octanol–water partition coefficient (Wildman–Crippen LogP) is 0.0878. The van der Waals surface area contributed by atoms with Crippen LogP contribution in [0.15, 0.2) is 24.2 Å². The molecule has 1 saturated heterocycles. The second-order valence-corrected chi connectivity index (χ2v) is 4.35. The molecule has 96 valence electrons. The minimum Gasteiger partial charge on any atom is -0.295 e. The SMILES string of the molecule is [2H]c1cc2c(cc1[2H])C(=O)N(C1CCC(=O)NC1=O)C2=O. The Bertz CT molecular complexity index is 675. The lowest BCUT2D eigenvalue weighted by atomic mass is 10.0. The van der Waals surface area contributed by atoms with Crippen LogP contribution in [0.2, 0.25) is 0 Å². The fourth-order valence-corrected chi connectivity index (χ4v) is 2.30. The molecular formula is C13H10N2O4. The number of piperidine rings is 1. The number of carbonyl (C=O) groups is 4. The van der Waals surface area contributed by atoms with E-state index in [4.69, 9.17) is 2.74 Å². The lowest BCUT2D eigenvalue weighted by Crippen LogP contribution is -2.54. The Morgan fingerprint density at radius 1 is 1.11 bits per heavy atom. The van der Waals surface area contributed by atoms with Crippen molar-refractivity contribution in [2.24, 2.45) is 0 Å². The molecule has 2 aliphatic rings. The Morgan fingerprint density at radius 2 is 1.68 bits per heavy atom. The van der Waals surface area contributed by atoms with Gasteiger partial charge in [0.2, 0.25) is 11.8 Å². The first-order valence-electron chi connectivity index (χ1n) is 6.73. The van der Waals surface area contributed by atoms with Crippen molar-refractivity contribution in [3.63, 3.8) is 0 Å². The summed E-state index contributed by atoms with van der Waals surface area (Å²) in [6.45, 7) is 0. The van der Waals surface area contributed by atoms with E-state index >= 15 is 0 Å². The summed E-state index contributed by atoms with van der Waals surface area (Å²) in [5.41, 5.74) is 0.0383. The summed E-state index contributed by atoms with van der Waals surface area (Å²) in [5, 5.41) is 2.10. The molecule has 0 saturated carbocycles. The van der Waals surface area contributed by atoms with Crippen molar-refractivity contribution in [3.8, 4) is 0 Å². The standard InChI is InChI=1S/C13H10N2O4/c16-10-6-5-9(11(17)14-10)15-12(18)7-3-1-2-4-8(7)13(15)19/h1-4,9H,5-6H2,(H,14,16,17)/i1D,2D. The number of carbonyl (C=O) groups excluding carboxylic acids is 4. The fraction of sp³-hybridized carbons (Fsp3) is 0.231. The first kappa shape index (κ1) is 9.43. The summed E-state index contributed by atoms with van der Waals surface area (Å²) < 4.78 is 15.1. The van der Waals surface area contributed by atoms with Crippen LogP contribution in [0.1, 0.15) is 36.3 Å². The van der Waals surface area contributed by atoms with Gasteiger partial charge in [-0.3, -0.25) is 29.4 Å². The van der Waals surface area contributed by atoms with E-state index in [1.807, 2.05) is 0 Å². The third-order valence-corrected chi connectivity index (χ3v) is 3.23. The van der Waals surface area contributed by atoms with E-state index in [2.05, 4.69) is 5.32 Å². The minimum absolute atomic E-state index is 0.0192. The molecule has 0 spiro atoms. The highest BCUT2D eigenvalue weighted by Gasteiger charge is 2.44. The molecule has 2 aliphatic heterocycles. The molecule has 1 atom stereocenters. The van der Waals surface area contributed by atoms with Crippen molar-refractivity contribution < 1.29 is 21.9 Å². The molecule has 2 heterocycles. The molecule has 0 radical (unpaired) electrons. The van der Waals surface area contributed by atoms with Crippen LogP contribution in [0, 0.1) is 0 Å². The summed E-state index contributed by atoms with van der Waals surface area (Å²) in [7, 11) is 0. The zero-order valence-corrected chi connectivity index (χ0v) is 9.73. The lowest BCUT2D eigenvalue weighted by Gasteiger charge is -2.27. The van der Waals surface area contributed by atoms with E-state index in [1.54, 1.807) is 0 Å². The highest BCUT2D eigenvalue weighted by molar-refractivity contribution is 6.23. The number of nitrogens with zero attached hydrogens (tertiary/aromatic N) is 1. The van der Waals surface area contributed by atoms with Gasteiger partial charge >= 0.3 is 0 Å². The van der Waals surface area contributed by atoms with Gasteiger partial charge in [-0.1, -0.05) is 12.1 Å². The van der Waals surface area contributed by atoms with Crippen LogP contribution in [0.5, 0.6) is 0 Å². The maximum Gasteiger partial charge on any atom is 0.262 e. The van der Waals surface area contributed by atoms with E-state index in [1.165, 1.54) is 0 Å². The van der Waals surface area contributed by atoms with Gasteiger partial charge in [0, 0.05) is 6.42 Å². The summed E-state index contributed by atoms with van der Waals surface area (Å²) in [5.74, 6) is -2.45. The Balaban J connectivity index is 2.00. The molecule has 3 rings (SSSR count). The smallest absolute Gasteiger partial charge is 0.262 e. The summed E-state index contributed by atoms with van der Waals surface area (Å²) in [6, 6.07) is 0.951. The molecule has 19 heavy (non-hydrogen) atoms. The first-order chi connectivity index (χ1) is 9.90. The molecule has 1 aromatic rings. The van der Waals surface area contributed by atoms with Crippen LogP contribution < -0.4 is 5.32 Å². The van der Waals surface area contributed by atoms with Gasteiger partial charge in [-0.2, -0.15) is 0 Å². The van der Waals surface area contributed by atoms with Crippen molar-refractivity contribution in [2.75, 3.05) is 0 Å². The largest absolute Gasteiger partial charge is 0.295 e. The second kappa shape index (κ2) is 4.01. The van der Waals surface area contributed by atoms with Crippen molar-refractivity contribution >= 4 is 23.6 Å². The number of rotatable bonds is 1. The topological polar surface area (TPSA) is 83.6 Å². The number of imide groups is 2. The van der Waals surface area contributed by atoms with Gasteiger partial charge < -0.3 is 0 Å². The number of fused-ring (bicyclic) bond motifs is 1. The molecule has 1 N–H and O–H groups in total. The fourth-order valence-electron chi connectivity index (χ4n) is 2.30. The molecule has 0 bridgehead atoms. The quantitative estimate of drug-likeness (QED) is 0.725. The summed E-state index contributed by atoms with van der Waals surface area (Å²) >= 11 is 0. The van der Waals surface area contributed by atoms with Crippen LogP contribution in [0.4, 0.5) is 0 Å². The highest BCUT2D eigenvalue weighted by Crippen LogP contribution is 2.26. The normalized spacial score (nSPS) is 24.0. The van der Waals surface area contributed by atoms with Crippen LogP contribution >= 0.6 is 0 Å². The average Bonchev–Trinajstić information content (AvgIpc) is 2.64. The zero-order valence-electron chi connectivity index (χ0n) is 11.7. The minimum atomic E-state index is -1.03. The molecule has 1 fully saturated rings. The van der Waals surface area contributed by atoms with Gasteiger partial charge in [0.05, 0.1) is 13.9 Å². The molecule has 0 aromatic heterocycles. The monoisotopic (exact) mass is 260 g/mol. The molecular weight excluding hydrogens is 248 g/mol. The number of amides is 4. The van der Waals surface area contributed by atoms with Gasteiger partial charge in [0.15, 0.2) is 0 Å². The Morgan fingerprint density at radius 3 is 2.21 bits per heavy atom. The van der Waals surface area contributed by atoms with Crippen molar-refractivity contribution in [2.45, 2.75) is 18.9 Å². The molecule has 6 nitrogen and oxygen atoms in total. The number of hydrogen-bond donors (Lipinski definition) is 1. The van der Waals surface area contributed by atoms with Crippen LogP contribution in [-0.2, 0) is 9.59 Å². The third kappa shape index (κ3) is 1.64. The number of hydrogen-bond acceptors (Lipinski definition) is 4. The van der Waals surface area contributed by atoms with E-state index in [-0.39, 0.29) is 36.1 Å². The van der Waals surface area contributed by atoms with E-state index in [0.717, 1.165) is 17.0 Å². The van der Waals surface area contributed by atoms with Crippen LogP contribution in [0.3, 0.4) is 0 Å². The van der Waals surface area contributed by atoms with Gasteiger partial charge in [-0.25, -0.2) is 0 Å². The second-order valence-electron chi connectivity index (χ2n) is 4.35. The highest BCUT2D eigenvalue weighted by atomic mass is 16.2. The zero-order chi connectivity index (χ0) is 15.3. The summed E-state index contributed by atoms with van der Waals surface area (Å²) in [6.07, 6.45) is 0.134. The Hall–Kier alpha value is -2.50. The Kier molecular flexibility index (Phi) is 1.99. The van der Waals surface area contributed by atoms with E-state index < -0.39 is 29.7 Å². The third-order valence-electron chi connectivity index (χ3n) is 3.23. The Labute approximate surface area is 111 Å². The predicted molar refractivity (Wildman–Crippen MR) is 63.1 cm³/mol.